The molecule has 10 heteroatoms. The van der Waals surface area contributed by atoms with Crippen LogP contribution in [0.15, 0.2) is 30.7 Å². The van der Waals surface area contributed by atoms with Crippen LogP contribution in [0.3, 0.4) is 0 Å². The maximum absolute atomic E-state index is 14.0. The standard InChI is InChI=1S/C24H26FN7O2/c1-14(33)31-12-24(13-31)7-5-16(6-8-24)28-23-29-21-20(22(30-23)34-2)17(9-27-21)15-3-4-19-26-10-18(25)32(19)11-15/h3-4,9-11,16H,5-8,12-13H2,1-2H3,(H2,27,28,29,30). The normalized spacial score (nSPS) is 17.9. The third-order valence-corrected chi connectivity index (χ3v) is 7.34. The van der Waals surface area contributed by atoms with Gasteiger partial charge in [-0.1, -0.05) is 0 Å². The Bertz CT molecular complexity index is 1400. The summed E-state index contributed by atoms with van der Waals surface area (Å²) in [6, 6.07) is 3.94. The fourth-order valence-electron chi connectivity index (χ4n) is 5.41. The second-order valence-corrected chi connectivity index (χ2v) is 9.50. The molecular weight excluding hydrogens is 437 g/mol. The van der Waals surface area contributed by atoms with Crippen molar-refractivity contribution < 1.29 is 13.9 Å². The number of methoxy groups -OCH3 is 1. The van der Waals surface area contributed by atoms with Crippen LogP contribution in [0.5, 0.6) is 5.88 Å². The fourth-order valence-corrected chi connectivity index (χ4v) is 5.41. The van der Waals surface area contributed by atoms with Gasteiger partial charge in [0, 0.05) is 55.0 Å². The summed E-state index contributed by atoms with van der Waals surface area (Å²) in [4.78, 5) is 30.1. The van der Waals surface area contributed by atoms with E-state index in [9.17, 15) is 9.18 Å². The molecule has 1 spiro atoms. The van der Waals surface area contributed by atoms with Crippen LogP contribution in [0.2, 0.25) is 0 Å². The first-order chi connectivity index (χ1) is 16.4. The van der Waals surface area contributed by atoms with Gasteiger partial charge in [0.15, 0.2) is 0 Å². The van der Waals surface area contributed by atoms with E-state index in [1.807, 2.05) is 17.2 Å². The van der Waals surface area contributed by atoms with E-state index in [0.29, 0.717) is 23.1 Å². The molecular formula is C24H26FN7O2. The molecule has 34 heavy (non-hydrogen) atoms. The van der Waals surface area contributed by atoms with Crippen LogP contribution in [-0.4, -0.2) is 61.4 Å². The summed E-state index contributed by atoms with van der Waals surface area (Å²) in [5.41, 5.74) is 3.11. The van der Waals surface area contributed by atoms with Crippen molar-refractivity contribution in [3.05, 3.63) is 36.7 Å². The first-order valence-corrected chi connectivity index (χ1v) is 11.5. The summed E-state index contributed by atoms with van der Waals surface area (Å²) in [5, 5.41) is 4.22. The molecule has 9 nitrogen and oxygen atoms in total. The number of hydrogen-bond acceptors (Lipinski definition) is 6. The number of nitrogens with zero attached hydrogens (tertiary/aromatic N) is 5. The minimum Gasteiger partial charge on any atom is -0.480 e. The van der Waals surface area contributed by atoms with Crippen LogP contribution >= 0.6 is 0 Å². The maximum Gasteiger partial charge on any atom is 0.228 e. The van der Waals surface area contributed by atoms with Crippen LogP contribution in [-0.2, 0) is 4.79 Å². The SMILES string of the molecule is COc1nc(NC2CCC3(CC2)CN(C(C)=O)C3)nc2[nH]cc(-c3ccc4ncc(F)n4c3)c12. The Morgan fingerprint density at radius 3 is 2.79 bits per heavy atom. The lowest BCUT2D eigenvalue weighted by molar-refractivity contribution is -0.143. The second-order valence-electron chi connectivity index (χ2n) is 9.50. The summed E-state index contributed by atoms with van der Waals surface area (Å²) in [6.45, 7) is 3.40. The number of imidazole rings is 1. The zero-order valence-electron chi connectivity index (χ0n) is 19.1. The Balaban J connectivity index is 1.23. The van der Waals surface area contributed by atoms with Crippen molar-refractivity contribution in [2.24, 2.45) is 5.41 Å². The first kappa shape index (κ1) is 20.9. The number of halogens is 1. The van der Waals surface area contributed by atoms with E-state index in [0.717, 1.165) is 55.3 Å². The smallest absolute Gasteiger partial charge is 0.228 e. The molecule has 0 atom stereocenters. The molecule has 2 aliphatic rings. The summed E-state index contributed by atoms with van der Waals surface area (Å²) < 4.78 is 21.1. The number of amides is 1. The molecule has 4 aromatic heterocycles. The molecule has 1 aliphatic carbocycles. The van der Waals surface area contributed by atoms with E-state index in [2.05, 4.69) is 20.3 Å². The average molecular weight is 464 g/mol. The lowest BCUT2D eigenvalue weighted by Gasteiger charge is -2.53. The molecule has 2 fully saturated rings. The van der Waals surface area contributed by atoms with Crippen LogP contribution in [0.25, 0.3) is 27.8 Å². The molecule has 0 bridgehead atoms. The molecule has 6 rings (SSSR count). The lowest BCUT2D eigenvalue weighted by atomic mass is 9.67. The number of aromatic amines is 1. The molecule has 1 saturated carbocycles. The number of carbonyl (C=O) groups excluding carboxylic acids is 1. The predicted molar refractivity (Wildman–Crippen MR) is 125 cm³/mol. The summed E-state index contributed by atoms with van der Waals surface area (Å²) >= 11 is 0. The molecule has 1 saturated heterocycles. The van der Waals surface area contributed by atoms with Crippen LogP contribution in [0.1, 0.15) is 32.6 Å². The molecule has 1 aliphatic heterocycles. The summed E-state index contributed by atoms with van der Waals surface area (Å²) in [6.07, 6.45) is 8.96. The second kappa shape index (κ2) is 7.68. The highest BCUT2D eigenvalue weighted by Gasteiger charge is 2.46. The Hall–Kier alpha value is -3.69. The van der Waals surface area contributed by atoms with Gasteiger partial charge in [0.2, 0.25) is 23.7 Å². The van der Waals surface area contributed by atoms with Crippen molar-refractivity contribution >= 4 is 28.5 Å². The summed E-state index contributed by atoms with van der Waals surface area (Å²) in [5.74, 6) is 0.726. The number of H-pyrrole nitrogens is 1. The Kier molecular flexibility index (Phi) is 4.72. The van der Waals surface area contributed by atoms with Gasteiger partial charge in [0.05, 0.1) is 18.7 Å². The number of fused-ring (bicyclic) bond motifs is 2. The average Bonchev–Trinajstić information content (AvgIpc) is 3.41. The molecule has 176 valence electrons. The van der Waals surface area contributed by atoms with E-state index < -0.39 is 5.95 Å². The van der Waals surface area contributed by atoms with Crippen molar-refractivity contribution in [3.63, 3.8) is 0 Å². The molecule has 2 N–H and O–H groups in total. The molecule has 4 aromatic rings. The minimum absolute atomic E-state index is 0.167. The molecule has 0 aromatic carbocycles. The number of aromatic nitrogens is 5. The van der Waals surface area contributed by atoms with Gasteiger partial charge in [0.1, 0.15) is 11.3 Å². The highest BCUT2D eigenvalue weighted by Crippen LogP contribution is 2.44. The predicted octanol–water partition coefficient (Wildman–Crippen LogP) is 3.62. The van der Waals surface area contributed by atoms with E-state index in [4.69, 9.17) is 9.72 Å². The molecule has 5 heterocycles. The number of ether oxygens (including phenoxy) is 1. The van der Waals surface area contributed by atoms with E-state index >= 15 is 0 Å². The number of anilines is 1. The van der Waals surface area contributed by atoms with Gasteiger partial charge in [0.25, 0.3) is 0 Å². The lowest BCUT2D eigenvalue weighted by Crippen LogP contribution is -2.59. The first-order valence-electron chi connectivity index (χ1n) is 11.5. The van der Waals surface area contributed by atoms with Gasteiger partial charge < -0.3 is 19.9 Å². The Morgan fingerprint density at radius 1 is 1.26 bits per heavy atom. The van der Waals surface area contributed by atoms with Crippen molar-refractivity contribution in [3.8, 4) is 17.0 Å². The topological polar surface area (TPSA) is 100 Å². The van der Waals surface area contributed by atoms with Crippen molar-refractivity contribution in [2.45, 2.75) is 38.6 Å². The number of pyridine rings is 1. The number of rotatable bonds is 4. The highest BCUT2D eigenvalue weighted by atomic mass is 19.1. The Morgan fingerprint density at radius 2 is 2.06 bits per heavy atom. The third-order valence-electron chi connectivity index (χ3n) is 7.34. The van der Waals surface area contributed by atoms with Gasteiger partial charge in [-0.15, -0.1) is 0 Å². The number of hydrogen-bond donors (Lipinski definition) is 2. The van der Waals surface area contributed by atoms with Gasteiger partial charge in [-0.3, -0.25) is 9.20 Å². The molecule has 0 unspecified atom stereocenters. The van der Waals surface area contributed by atoms with Crippen LogP contribution < -0.4 is 10.1 Å². The van der Waals surface area contributed by atoms with Crippen molar-refractivity contribution in [1.29, 1.82) is 0 Å². The van der Waals surface area contributed by atoms with E-state index in [1.165, 1.54) is 10.6 Å². The molecule has 1 amide bonds. The quantitative estimate of drug-likeness (QED) is 0.480. The maximum atomic E-state index is 14.0. The largest absolute Gasteiger partial charge is 0.480 e. The third kappa shape index (κ3) is 3.36. The summed E-state index contributed by atoms with van der Waals surface area (Å²) in [7, 11) is 1.59. The van der Waals surface area contributed by atoms with Crippen LogP contribution in [0.4, 0.5) is 10.3 Å². The number of carbonyl (C=O) groups is 1. The minimum atomic E-state index is -0.420. The number of likely N-dealkylation sites (tertiary alicyclic amines) is 1. The van der Waals surface area contributed by atoms with Gasteiger partial charge in [-0.2, -0.15) is 14.4 Å². The van der Waals surface area contributed by atoms with Gasteiger partial charge >= 0.3 is 0 Å². The van der Waals surface area contributed by atoms with Crippen molar-refractivity contribution in [2.75, 3.05) is 25.5 Å². The van der Waals surface area contributed by atoms with Gasteiger partial charge in [-0.05, 0) is 37.8 Å². The highest BCUT2D eigenvalue weighted by molar-refractivity contribution is 5.97. The monoisotopic (exact) mass is 463 g/mol. The molecule has 0 radical (unpaired) electrons. The zero-order valence-corrected chi connectivity index (χ0v) is 19.1. The zero-order chi connectivity index (χ0) is 23.4. The number of nitrogens with one attached hydrogen (secondary N) is 2. The van der Waals surface area contributed by atoms with Crippen LogP contribution in [0, 0.1) is 11.4 Å². The van der Waals surface area contributed by atoms with Gasteiger partial charge in [-0.25, -0.2) is 4.98 Å². The van der Waals surface area contributed by atoms with E-state index in [-0.39, 0.29) is 17.4 Å². The van der Waals surface area contributed by atoms with Crippen molar-refractivity contribution in [1.82, 2.24) is 29.2 Å². The Labute approximate surface area is 195 Å². The fraction of sp³-hybridized carbons (Fsp3) is 0.417. The van der Waals surface area contributed by atoms with E-state index in [1.54, 1.807) is 26.3 Å².